The van der Waals surface area contributed by atoms with Crippen LogP contribution in [0.1, 0.15) is 21.7 Å². The Kier molecular flexibility index (Phi) is 4.95. The summed E-state index contributed by atoms with van der Waals surface area (Å²) in [5, 5.41) is 2.73. The Balaban J connectivity index is 1.90. The molecule has 0 bridgehead atoms. The van der Waals surface area contributed by atoms with Crippen molar-refractivity contribution in [3.05, 3.63) is 59.4 Å². The smallest absolute Gasteiger partial charge is 0.255 e. The molecule has 7 nitrogen and oxygen atoms in total. The zero-order valence-electron chi connectivity index (χ0n) is 15.5. The maximum Gasteiger partial charge on any atom is 0.255 e. The molecule has 0 saturated carbocycles. The molecule has 0 aliphatic carbocycles. The molecule has 3 aromatic rings. The molecule has 1 N–H and O–H groups in total. The molecule has 0 unspecified atom stereocenters. The van der Waals surface area contributed by atoms with Crippen molar-refractivity contribution in [1.29, 1.82) is 0 Å². The summed E-state index contributed by atoms with van der Waals surface area (Å²) in [6, 6.07) is 11.2. The van der Waals surface area contributed by atoms with Gasteiger partial charge in [-0.15, -0.1) is 0 Å². The quantitative estimate of drug-likeness (QED) is 0.747. The Labute approximate surface area is 158 Å². The molecule has 3 rings (SSSR count). The molecule has 0 fully saturated rings. The molecule has 1 heterocycles. The topological polar surface area (TPSA) is 92.3 Å². The molecular formula is C19H20N4O3S. The van der Waals surface area contributed by atoms with Crippen molar-refractivity contribution < 1.29 is 13.2 Å². The second-order valence-corrected chi connectivity index (χ2v) is 8.52. The van der Waals surface area contributed by atoms with Crippen molar-refractivity contribution in [2.75, 3.05) is 19.4 Å². The number of nitrogens with one attached hydrogen (secondary N) is 1. The molecule has 8 heteroatoms. The summed E-state index contributed by atoms with van der Waals surface area (Å²) in [6.07, 6.45) is 0. The first kappa shape index (κ1) is 18.9. The van der Waals surface area contributed by atoms with Crippen LogP contribution < -0.4 is 5.32 Å². The van der Waals surface area contributed by atoms with Gasteiger partial charge in [-0.2, -0.15) is 0 Å². The van der Waals surface area contributed by atoms with Crippen molar-refractivity contribution in [1.82, 2.24) is 14.3 Å². The van der Waals surface area contributed by atoms with E-state index in [1.807, 2.05) is 13.8 Å². The summed E-state index contributed by atoms with van der Waals surface area (Å²) < 4.78 is 25.6. The number of aryl methyl sites for hydroxylation is 2. The molecule has 0 saturated heterocycles. The van der Waals surface area contributed by atoms with Crippen molar-refractivity contribution >= 4 is 32.7 Å². The number of hydrogen-bond acceptors (Lipinski definition) is 5. The Hall–Kier alpha value is -2.84. The number of anilines is 1. The maximum absolute atomic E-state index is 12.6. The van der Waals surface area contributed by atoms with Gasteiger partial charge >= 0.3 is 0 Å². The number of sulfonamides is 1. The van der Waals surface area contributed by atoms with E-state index in [4.69, 9.17) is 0 Å². The molecule has 0 aliphatic rings. The number of hydrogen-bond donors (Lipinski definition) is 1. The molecule has 1 aromatic heterocycles. The van der Waals surface area contributed by atoms with E-state index in [2.05, 4.69) is 15.3 Å². The average Bonchev–Trinajstić information content (AvgIpc) is 2.62. The van der Waals surface area contributed by atoms with Gasteiger partial charge in [-0.3, -0.25) is 4.79 Å². The predicted octanol–water partition coefficient (Wildman–Crippen LogP) is 2.75. The molecular weight excluding hydrogens is 364 g/mol. The minimum atomic E-state index is -3.57. The molecule has 0 spiro atoms. The monoisotopic (exact) mass is 384 g/mol. The molecule has 140 valence electrons. The minimum Gasteiger partial charge on any atom is -0.322 e. The van der Waals surface area contributed by atoms with Gasteiger partial charge in [0.25, 0.3) is 5.91 Å². The largest absolute Gasteiger partial charge is 0.322 e. The van der Waals surface area contributed by atoms with Gasteiger partial charge in [0.1, 0.15) is 0 Å². The highest BCUT2D eigenvalue weighted by molar-refractivity contribution is 7.89. The highest BCUT2D eigenvalue weighted by Gasteiger charge is 2.18. The number of fused-ring (bicyclic) bond motifs is 1. The lowest BCUT2D eigenvalue weighted by Crippen LogP contribution is -2.22. The van der Waals surface area contributed by atoms with Gasteiger partial charge in [-0.05, 0) is 50.2 Å². The Morgan fingerprint density at radius 3 is 2.30 bits per heavy atom. The molecule has 2 aromatic carbocycles. The summed E-state index contributed by atoms with van der Waals surface area (Å²) in [5.74, 6) is -0.351. The molecule has 0 atom stereocenters. The summed E-state index contributed by atoms with van der Waals surface area (Å²) in [7, 11) is -0.656. The van der Waals surface area contributed by atoms with E-state index in [-0.39, 0.29) is 10.8 Å². The number of carbonyl (C=O) groups is 1. The van der Waals surface area contributed by atoms with E-state index in [1.165, 1.54) is 26.2 Å². The number of rotatable bonds is 4. The second-order valence-electron chi connectivity index (χ2n) is 6.37. The number of carbonyl (C=O) groups excluding carboxylic acids is 1. The third kappa shape index (κ3) is 3.81. The Morgan fingerprint density at radius 2 is 1.63 bits per heavy atom. The molecule has 0 radical (unpaired) electrons. The van der Waals surface area contributed by atoms with Crippen LogP contribution in [0, 0.1) is 13.8 Å². The number of benzene rings is 2. The first-order chi connectivity index (χ1) is 12.7. The summed E-state index contributed by atoms with van der Waals surface area (Å²) in [5.41, 5.74) is 3.82. The second kappa shape index (κ2) is 7.05. The zero-order valence-corrected chi connectivity index (χ0v) is 16.3. The average molecular weight is 384 g/mol. The van der Waals surface area contributed by atoms with E-state index in [9.17, 15) is 13.2 Å². The first-order valence-corrected chi connectivity index (χ1v) is 9.71. The van der Waals surface area contributed by atoms with Crippen LogP contribution in [0.15, 0.2) is 47.4 Å². The summed E-state index contributed by atoms with van der Waals surface area (Å²) in [6.45, 7) is 3.75. The van der Waals surface area contributed by atoms with E-state index >= 15 is 0 Å². The third-order valence-electron chi connectivity index (χ3n) is 4.21. The molecule has 0 aliphatic heterocycles. The number of amides is 1. The van der Waals surface area contributed by atoms with Gasteiger partial charge in [-0.1, -0.05) is 6.07 Å². The van der Waals surface area contributed by atoms with Crippen LogP contribution in [0.4, 0.5) is 5.69 Å². The third-order valence-corrected chi connectivity index (χ3v) is 6.02. The predicted molar refractivity (Wildman–Crippen MR) is 104 cm³/mol. The fourth-order valence-electron chi connectivity index (χ4n) is 2.52. The zero-order chi connectivity index (χ0) is 19.8. The van der Waals surface area contributed by atoms with Gasteiger partial charge in [0.2, 0.25) is 10.0 Å². The van der Waals surface area contributed by atoms with Crippen molar-refractivity contribution in [2.24, 2.45) is 0 Å². The molecule has 1 amide bonds. The van der Waals surface area contributed by atoms with Crippen LogP contribution in [0.2, 0.25) is 0 Å². The van der Waals surface area contributed by atoms with Gasteiger partial charge in [0, 0.05) is 25.3 Å². The van der Waals surface area contributed by atoms with Crippen molar-refractivity contribution in [3.8, 4) is 0 Å². The number of nitrogens with zero attached hydrogens (tertiary/aromatic N) is 3. The van der Waals surface area contributed by atoms with Crippen LogP contribution in [0.5, 0.6) is 0 Å². The number of aromatic nitrogens is 2. The van der Waals surface area contributed by atoms with Gasteiger partial charge in [-0.25, -0.2) is 22.7 Å². The maximum atomic E-state index is 12.6. The van der Waals surface area contributed by atoms with Crippen molar-refractivity contribution in [2.45, 2.75) is 18.7 Å². The lowest BCUT2D eigenvalue weighted by molar-refractivity contribution is 0.102. The fraction of sp³-hybridized carbons (Fsp3) is 0.211. The van der Waals surface area contributed by atoms with Gasteiger partial charge in [0.05, 0.1) is 27.3 Å². The summed E-state index contributed by atoms with van der Waals surface area (Å²) >= 11 is 0. The van der Waals surface area contributed by atoms with Crippen molar-refractivity contribution in [3.63, 3.8) is 0 Å². The highest BCUT2D eigenvalue weighted by Crippen LogP contribution is 2.20. The van der Waals surface area contributed by atoms with E-state index < -0.39 is 10.0 Å². The fourth-order valence-corrected chi connectivity index (χ4v) is 3.47. The lowest BCUT2D eigenvalue weighted by Gasteiger charge is -2.13. The first-order valence-electron chi connectivity index (χ1n) is 8.27. The van der Waals surface area contributed by atoms with E-state index in [0.717, 1.165) is 15.7 Å². The van der Waals surface area contributed by atoms with Crippen LogP contribution in [-0.4, -0.2) is 42.7 Å². The minimum absolute atomic E-state index is 0.112. The van der Waals surface area contributed by atoms with Gasteiger partial charge < -0.3 is 5.32 Å². The van der Waals surface area contributed by atoms with E-state index in [0.29, 0.717) is 22.3 Å². The Bertz CT molecular complexity index is 1140. The highest BCUT2D eigenvalue weighted by atomic mass is 32.2. The van der Waals surface area contributed by atoms with Crippen LogP contribution in [0.3, 0.4) is 0 Å². The SMILES string of the molecule is Cc1nc2ccc(C(=O)Nc3cccc(S(=O)(=O)N(C)C)c3)cc2nc1C. The standard InChI is InChI=1S/C19H20N4O3S/c1-12-13(2)21-18-10-14(8-9-17(18)20-12)19(24)22-15-6-5-7-16(11-15)27(25,26)23(3)4/h5-11H,1-4H3,(H,22,24). The summed E-state index contributed by atoms with van der Waals surface area (Å²) in [4.78, 5) is 21.6. The van der Waals surface area contributed by atoms with Crippen LogP contribution in [-0.2, 0) is 10.0 Å². The van der Waals surface area contributed by atoms with Crippen LogP contribution >= 0.6 is 0 Å². The molecule has 27 heavy (non-hydrogen) atoms. The Morgan fingerprint density at radius 1 is 0.963 bits per heavy atom. The normalized spacial score (nSPS) is 11.7. The van der Waals surface area contributed by atoms with E-state index in [1.54, 1.807) is 30.3 Å². The lowest BCUT2D eigenvalue weighted by atomic mass is 10.1. The van der Waals surface area contributed by atoms with Gasteiger partial charge in [0.15, 0.2) is 0 Å². The van der Waals surface area contributed by atoms with Crippen LogP contribution in [0.25, 0.3) is 11.0 Å².